The van der Waals surface area contributed by atoms with Crippen LogP contribution in [0.5, 0.6) is 11.5 Å². The van der Waals surface area contributed by atoms with Crippen LogP contribution >= 0.6 is 0 Å². The van der Waals surface area contributed by atoms with Gasteiger partial charge in [-0.1, -0.05) is 48.0 Å². The second-order valence-corrected chi connectivity index (χ2v) is 8.69. The van der Waals surface area contributed by atoms with Gasteiger partial charge in [0, 0.05) is 25.7 Å². The minimum Gasteiger partial charge on any atom is -0.494 e. The van der Waals surface area contributed by atoms with E-state index >= 15 is 0 Å². The SMILES string of the molecule is Cc1ccc(NC(=O)N(C)CCCOc2ccc(C[C@](C)(Oc3ccccc3)C(=O)O)cc2)cc1. The van der Waals surface area contributed by atoms with E-state index in [0.29, 0.717) is 31.1 Å². The Balaban J connectivity index is 1.44. The number of carboxylic acid groups (broad SMARTS) is 1. The summed E-state index contributed by atoms with van der Waals surface area (Å²) in [4.78, 5) is 25.8. The third kappa shape index (κ3) is 7.78. The van der Waals surface area contributed by atoms with Crippen molar-refractivity contribution < 1.29 is 24.2 Å². The lowest BCUT2D eigenvalue weighted by atomic mass is 9.96. The molecule has 0 heterocycles. The minimum absolute atomic E-state index is 0.169. The van der Waals surface area contributed by atoms with Gasteiger partial charge in [-0.2, -0.15) is 0 Å². The highest BCUT2D eigenvalue weighted by atomic mass is 16.5. The van der Waals surface area contributed by atoms with E-state index in [1.165, 1.54) is 0 Å². The van der Waals surface area contributed by atoms with Crippen molar-refractivity contribution in [3.8, 4) is 11.5 Å². The summed E-state index contributed by atoms with van der Waals surface area (Å²) in [6.45, 7) is 4.56. The van der Waals surface area contributed by atoms with E-state index in [1.54, 1.807) is 43.1 Å². The molecule has 2 N–H and O–H groups in total. The van der Waals surface area contributed by atoms with Crippen molar-refractivity contribution >= 4 is 17.7 Å². The van der Waals surface area contributed by atoms with Gasteiger partial charge in [0.1, 0.15) is 11.5 Å². The molecule has 3 aromatic carbocycles. The summed E-state index contributed by atoms with van der Waals surface area (Å²) in [6, 6.07) is 23.7. The number of amides is 2. The fourth-order valence-electron chi connectivity index (χ4n) is 3.45. The van der Waals surface area contributed by atoms with Gasteiger partial charge in [-0.3, -0.25) is 0 Å². The van der Waals surface area contributed by atoms with Crippen LogP contribution < -0.4 is 14.8 Å². The van der Waals surface area contributed by atoms with Crippen molar-refractivity contribution in [1.29, 1.82) is 0 Å². The summed E-state index contributed by atoms with van der Waals surface area (Å²) in [5.41, 5.74) is 1.33. The first-order valence-corrected chi connectivity index (χ1v) is 11.5. The van der Waals surface area contributed by atoms with E-state index < -0.39 is 11.6 Å². The zero-order chi connectivity index (χ0) is 25.3. The van der Waals surface area contributed by atoms with Crippen LogP contribution in [0.2, 0.25) is 0 Å². The molecule has 3 aromatic rings. The van der Waals surface area contributed by atoms with Gasteiger partial charge in [0.2, 0.25) is 5.60 Å². The van der Waals surface area contributed by atoms with Crippen molar-refractivity contribution in [3.63, 3.8) is 0 Å². The van der Waals surface area contributed by atoms with Gasteiger partial charge in [-0.25, -0.2) is 9.59 Å². The van der Waals surface area contributed by atoms with E-state index in [4.69, 9.17) is 9.47 Å². The average Bonchev–Trinajstić information content (AvgIpc) is 2.84. The Bertz CT molecular complexity index is 1100. The molecule has 0 aliphatic heterocycles. The monoisotopic (exact) mass is 476 g/mol. The maximum atomic E-state index is 12.3. The molecule has 0 bridgehead atoms. The predicted octanol–water partition coefficient (Wildman–Crippen LogP) is 5.39. The molecular weight excluding hydrogens is 444 g/mol. The van der Waals surface area contributed by atoms with Crippen LogP contribution in [0.3, 0.4) is 0 Å². The Hall–Kier alpha value is -4.00. The number of aryl methyl sites for hydroxylation is 1. The Morgan fingerprint density at radius 3 is 2.23 bits per heavy atom. The number of carbonyl (C=O) groups is 2. The predicted molar refractivity (Wildman–Crippen MR) is 136 cm³/mol. The fraction of sp³-hybridized carbons (Fsp3) is 0.286. The van der Waals surface area contributed by atoms with Gasteiger partial charge < -0.3 is 24.8 Å². The second kappa shape index (κ2) is 11.9. The molecular formula is C28H32N2O5. The van der Waals surface area contributed by atoms with Gasteiger partial charge in [-0.05, 0) is 62.2 Å². The zero-order valence-electron chi connectivity index (χ0n) is 20.4. The Morgan fingerprint density at radius 2 is 1.60 bits per heavy atom. The van der Waals surface area contributed by atoms with Crippen molar-refractivity contribution in [3.05, 3.63) is 90.0 Å². The third-order valence-electron chi connectivity index (χ3n) is 5.56. The molecule has 0 aliphatic rings. The number of carbonyl (C=O) groups excluding carboxylic acids is 1. The largest absolute Gasteiger partial charge is 0.494 e. The number of hydrogen-bond donors (Lipinski definition) is 2. The highest BCUT2D eigenvalue weighted by Crippen LogP contribution is 2.24. The van der Waals surface area contributed by atoms with Gasteiger partial charge in [0.25, 0.3) is 0 Å². The maximum absolute atomic E-state index is 12.3. The number of hydrogen-bond acceptors (Lipinski definition) is 4. The Labute approximate surface area is 206 Å². The highest BCUT2D eigenvalue weighted by molar-refractivity contribution is 5.89. The van der Waals surface area contributed by atoms with Crippen LogP contribution in [-0.2, 0) is 11.2 Å². The smallest absolute Gasteiger partial charge is 0.348 e. The highest BCUT2D eigenvalue weighted by Gasteiger charge is 2.36. The maximum Gasteiger partial charge on any atom is 0.348 e. The van der Waals surface area contributed by atoms with Crippen molar-refractivity contribution in [2.75, 3.05) is 25.5 Å². The average molecular weight is 477 g/mol. The number of nitrogens with zero attached hydrogens (tertiary/aromatic N) is 1. The van der Waals surface area contributed by atoms with Crippen LogP contribution in [0.25, 0.3) is 0 Å². The molecule has 0 saturated heterocycles. The van der Waals surface area contributed by atoms with Crippen molar-refractivity contribution in [2.45, 2.75) is 32.3 Å². The molecule has 0 saturated carbocycles. The number of urea groups is 1. The molecule has 0 aliphatic carbocycles. The summed E-state index contributed by atoms with van der Waals surface area (Å²) < 4.78 is 11.6. The molecule has 2 amide bonds. The summed E-state index contributed by atoms with van der Waals surface area (Å²) >= 11 is 0. The summed E-state index contributed by atoms with van der Waals surface area (Å²) in [7, 11) is 1.75. The van der Waals surface area contributed by atoms with E-state index in [-0.39, 0.29) is 12.5 Å². The van der Waals surface area contributed by atoms with Gasteiger partial charge >= 0.3 is 12.0 Å². The molecule has 0 radical (unpaired) electrons. The van der Waals surface area contributed by atoms with E-state index in [9.17, 15) is 14.7 Å². The van der Waals surface area contributed by atoms with E-state index in [1.807, 2.05) is 61.5 Å². The summed E-state index contributed by atoms with van der Waals surface area (Å²) in [5, 5.41) is 12.6. The first-order valence-electron chi connectivity index (χ1n) is 11.5. The fourth-order valence-corrected chi connectivity index (χ4v) is 3.45. The van der Waals surface area contributed by atoms with Gasteiger partial charge in [0.15, 0.2) is 0 Å². The van der Waals surface area contributed by atoms with Crippen LogP contribution in [0, 0.1) is 6.92 Å². The van der Waals surface area contributed by atoms with Gasteiger partial charge in [0.05, 0.1) is 6.61 Å². The lowest BCUT2D eigenvalue weighted by Crippen LogP contribution is -2.43. The summed E-state index contributed by atoms with van der Waals surface area (Å²) in [5.74, 6) is 0.161. The number of aliphatic carboxylic acids is 1. The summed E-state index contributed by atoms with van der Waals surface area (Å²) in [6.07, 6.45) is 0.875. The second-order valence-electron chi connectivity index (χ2n) is 8.69. The first kappa shape index (κ1) is 25.6. The topological polar surface area (TPSA) is 88.1 Å². The molecule has 3 rings (SSSR count). The Morgan fingerprint density at radius 1 is 0.943 bits per heavy atom. The number of carboxylic acids is 1. The van der Waals surface area contributed by atoms with E-state index in [0.717, 1.165) is 16.8 Å². The quantitative estimate of drug-likeness (QED) is 0.362. The van der Waals surface area contributed by atoms with Crippen LogP contribution in [0.1, 0.15) is 24.5 Å². The third-order valence-corrected chi connectivity index (χ3v) is 5.56. The lowest BCUT2D eigenvalue weighted by Gasteiger charge is -2.26. The number of nitrogens with one attached hydrogen (secondary N) is 1. The zero-order valence-corrected chi connectivity index (χ0v) is 20.4. The minimum atomic E-state index is -1.40. The number of anilines is 1. The van der Waals surface area contributed by atoms with Crippen molar-refractivity contribution in [2.24, 2.45) is 0 Å². The Kier molecular flexibility index (Phi) is 8.73. The molecule has 0 unspecified atom stereocenters. The molecule has 7 heteroatoms. The van der Waals surface area contributed by atoms with E-state index in [2.05, 4.69) is 5.32 Å². The molecule has 184 valence electrons. The van der Waals surface area contributed by atoms with Crippen molar-refractivity contribution in [1.82, 2.24) is 4.90 Å². The number of ether oxygens (including phenoxy) is 2. The van der Waals surface area contributed by atoms with Gasteiger partial charge in [-0.15, -0.1) is 0 Å². The molecule has 35 heavy (non-hydrogen) atoms. The molecule has 0 fully saturated rings. The van der Waals surface area contributed by atoms with Crippen LogP contribution in [-0.4, -0.2) is 47.8 Å². The van der Waals surface area contributed by atoms with Crippen LogP contribution in [0.15, 0.2) is 78.9 Å². The molecule has 0 aromatic heterocycles. The molecule has 1 atom stereocenters. The molecule has 0 spiro atoms. The number of benzene rings is 3. The standard InChI is InChI=1S/C28H32N2O5/c1-21-10-14-23(15-11-21)29-27(33)30(3)18-7-19-34-24-16-12-22(13-17-24)20-28(2,26(31)32)35-25-8-5-4-6-9-25/h4-6,8-17H,7,18-20H2,1-3H3,(H,29,33)(H,31,32)/t28-/m0/s1. The number of para-hydroxylation sites is 1. The van der Waals surface area contributed by atoms with Crippen LogP contribution in [0.4, 0.5) is 10.5 Å². The first-order chi connectivity index (χ1) is 16.7. The lowest BCUT2D eigenvalue weighted by molar-refractivity contribution is -0.153. The number of rotatable bonds is 11. The molecule has 7 nitrogen and oxygen atoms in total. The normalized spacial score (nSPS) is 12.3.